The third-order valence-corrected chi connectivity index (χ3v) is 3.53. The summed E-state index contributed by atoms with van der Waals surface area (Å²) in [6.07, 6.45) is 5.88. The van der Waals surface area contributed by atoms with Crippen LogP contribution in [0.4, 0.5) is 0 Å². The van der Waals surface area contributed by atoms with Crippen LogP contribution < -0.4 is 9.47 Å². The molecule has 0 aliphatic heterocycles. The lowest BCUT2D eigenvalue weighted by Gasteiger charge is -2.10. The van der Waals surface area contributed by atoms with E-state index >= 15 is 0 Å². The second-order valence-electron chi connectivity index (χ2n) is 4.87. The highest BCUT2D eigenvalue weighted by atomic mass is 16.5. The zero-order valence-corrected chi connectivity index (χ0v) is 12.6. The van der Waals surface area contributed by atoms with E-state index < -0.39 is 0 Å². The van der Waals surface area contributed by atoms with Crippen LogP contribution in [0.5, 0.6) is 11.5 Å². The van der Waals surface area contributed by atoms with Crippen LogP contribution in [0, 0.1) is 0 Å². The van der Waals surface area contributed by atoms with Crippen molar-refractivity contribution in [1.29, 1.82) is 0 Å². The van der Waals surface area contributed by atoms with E-state index in [1.54, 1.807) is 20.4 Å². The fraction of sp³-hybridized carbons (Fsp3) is 0.105. The zero-order chi connectivity index (χ0) is 15.4. The van der Waals surface area contributed by atoms with E-state index in [1.165, 1.54) is 0 Å². The van der Waals surface area contributed by atoms with Crippen molar-refractivity contribution in [3.63, 3.8) is 0 Å². The Hall–Kier alpha value is -2.81. The lowest BCUT2D eigenvalue weighted by molar-refractivity contribution is 0.356. The molecule has 0 fully saturated rings. The molecule has 3 nitrogen and oxygen atoms in total. The third kappa shape index (κ3) is 2.79. The Morgan fingerprint density at radius 3 is 2.32 bits per heavy atom. The Morgan fingerprint density at radius 2 is 1.59 bits per heavy atom. The summed E-state index contributed by atoms with van der Waals surface area (Å²) in [5, 5.41) is 2.10. The minimum absolute atomic E-state index is 0.706. The monoisotopic (exact) mass is 291 g/mol. The minimum Gasteiger partial charge on any atom is -0.493 e. The maximum Gasteiger partial charge on any atom is 0.161 e. The Balaban J connectivity index is 2.08. The highest BCUT2D eigenvalue weighted by molar-refractivity contribution is 5.93. The molecular formula is C19H17NO2. The van der Waals surface area contributed by atoms with Crippen LogP contribution >= 0.6 is 0 Å². The first kappa shape index (κ1) is 14.1. The molecule has 0 unspecified atom stereocenters. The van der Waals surface area contributed by atoms with Gasteiger partial charge in [-0.3, -0.25) is 4.98 Å². The summed E-state index contributed by atoms with van der Waals surface area (Å²) in [4.78, 5) is 4.47. The van der Waals surface area contributed by atoms with Gasteiger partial charge in [-0.15, -0.1) is 0 Å². The molecule has 0 radical (unpaired) electrons. The first-order valence-electron chi connectivity index (χ1n) is 7.05. The molecule has 3 heteroatoms. The standard InChI is InChI=1S/C19H17NO2/c1-21-18-12-15-10-11-20-17(16(15)13-19(18)22-2)9-8-14-6-4-3-5-7-14/h3-13H,1-2H3/b9-8+. The van der Waals surface area contributed by atoms with Crippen molar-refractivity contribution in [2.45, 2.75) is 0 Å². The summed E-state index contributed by atoms with van der Waals surface area (Å²) in [5.74, 6) is 1.43. The van der Waals surface area contributed by atoms with E-state index in [2.05, 4.69) is 23.2 Å². The average Bonchev–Trinajstić information content (AvgIpc) is 2.59. The summed E-state index contributed by atoms with van der Waals surface area (Å²) in [7, 11) is 3.28. The van der Waals surface area contributed by atoms with Gasteiger partial charge in [-0.2, -0.15) is 0 Å². The molecule has 3 aromatic rings. The molecule has 0 amide bonds. The lowest BCUT2D eigenvalue weighted by Crippen LogP contribution is -1.92. The number of benzene rings is 2. The van der Waals surface area contributed by atoms with Gasteiger partial charge in [0.15, 0.2) is 11.5 Å². The summed E-state index contributed by atoms with van der Waals surface area (Å²) >= 11 is 0. The molecule has 1 aromatic heterocycles. The number of ether oxygens (including phenoxy) is 2. The number of pyridine rings is 1. The number of fused-ring (bicyclic) bond motifs is 1. The molecular weight excluding hydrogens is 274 g/mol. The Morgan fingerprint density at radius 1 is 0.864 bits per heavy atom. The molecule has 22 heavy (non-hydrogen) atoms. The fourth-order valence-electron chi connectivity index (χ4n) is 2.39. The molecule has 0 saturated carbocycles. The van der Waals surface area contributed by atoms with Crippen molar-refractivity contribution in [1.82, 2.24) is 4.98 Å². The zero-order valence-electron chi connectivity index (χ0n) is 12.6. The number of nitrogens with zero attached hydrogens (tertiary/aromatic N) is 1. The van der Waals surface area contributed by atoms with Crippen LogP contribution in [0.2, 0.25) is 0 Å². The predicted molar refractivity (Wildman–Crippen MR) is 90.2 cm³/mol. The van der Waals surface area contributed by atoms with Crippen molar-refractivity contribution < 1.29 is 9.47 Å². The van der Waals surface area contributed by atoms with Gasteiger partial charge >= 0.3 is 0 Å². The van der Waals surface area contributed by atoms with E-state index in [1.807, 2.05) is 42.5 Å². The molecule has 110 valence electrons. The average molecular weight is 291 g/mol. The molecule has 0 bridgehead atoms. The molecule has 0 saturated heterocycles. The molecule has 0 N–H and O–H groups in total. The van der Waals surface area contributed by atoms with Gasteiger partial charge in [0.25, 0.3) is 0 Å². The first-order chi connectivity index (χ1) is 10.8. The van der Waals surface area contributed by atoms with Gasteiger partial charge in [0, 0.05) is 11.6 Å². The highest BCUT2D eigenvalue weighted by Crippen LogP contribution is 2.33. The number of rotatable bonds is 4. The van der Waals surface area contributed by atoms with E-state index in [0.29, 0.717) is 5.75 Å². The van der Waals surface area contributed by atoms with Crippen molar-refractivity contribution in [2.75, 3.05) is 14.2 Å². The summed E-state index contributed by atoms with van der Waals surface area (Å²) in [5.41, 5.74) is 2.05. The second-order valence-corrected chi connectivity index (χ2v) is 4.87. The maximum absolute atomic E-state index is 5.39. The lowest BCUT2D eigenvalue weighted by atomic mass is 10.1. The fourth-order valence-corrected chi connectivity index (χ4v) is 2.39. The van der Waals surface area contributed by atoms with Gasteiger partial charge in [-0.1, -0.05) is 36.4 Å². The molecule has 2 aromatic carbocycles. The van der Waals surface area contributed by atoms with Gasteiger partial charge in [-0.25, -0.2) is 0 Å². The topological polar surface area (TPSA) is 31.4 Å². The molecule has 0 atom stereocenters. The molecule has 0 aliphatic rings. The van der Waals surface area contributed by atoms with E-state index in [-0.39, 0.29) is 0 Å². The predicted octanol–water partition coefficient (Wildman–Crippen LogP) is 4.42. The van der Waals surface area contributed by atoms with E-state index in [4.69, 9.17) is 9.47 Å². The number of methoxy groups -OCH3 is 2. The minimum atomic E-state index is 0.706. The van der Waals surface area contributed by atoms with Gasteiger partial charge in [-0.05, 0) is 35.2 Å². The largest absolute Gasteiger partial charge is 0.493 e. The van der Waals surface area contributed by atoms with E-state index in [9.17, 15) is 0 Å². The van der Waals surface area contributed by atoms with Crippen LogP contribution in [0.25, 0.3) is 22.9 Å². The molecule has 1 heterocycles. The maximum atomic E-state index is 5.39. The van der Waals surface area contributed by atoms with E-state index in [0.717, 1.165) is 27.8 Å². The third-order valence-electron chi connectivity index (χ3n) is 3.53. The van der Waals surface area contributed by atoms with Gasteiger partial charge < -0.3 is 9.47 Å². The summed E-state index contributed by atoms with van der Waals surface area (Å²) in [6, 6.07) is 16.1. The smallest absolute Gasteiger partial charge is 0.161 e. The van der Waals surface area contributed by atoms with Crippen LogP contribution in [0.15, 0.2) is 54.7 Å². The summed E-state index contributed by atoms with van der Waals surface area (Å²) in [6.45, 7) is 0. The van der Waals surface area contributed by atoms with Crippen molar-refractivity contribution in [3.8, 4) is 11.5 Å². The Kier molecular flexibility index (Phi) is 4.05. The van der Waals surface area contributed by atoms with Crippen LogP contribution in [0.3, 0.4) is 0 Å². The Labute approximate surface area is 129 Å². The van der Waals surface area contributed by atoms with Crippen LogP contribution in [-0.2, 0) is 0 Å². The second kappa shape index (κ2) is 6.31. The normalized spacial score (nSPS) is 11.0. The van der Waals surface area contributed by atoms with Crippen molar-refractivity contribution in [2.24, 2.45) is 0 Å². The van der Waals surface area contributed by atoms with Gasteiger partial charge in [0.2, 0.25) is 0 Å². The Bertz CT molecular complexity index is 810. The first-order valence-corrected chi connectivity index (χ1v) is 7.05. The SMILES string of the molecule is COc1cc2ccnc(/C=C/c3ccccc3)c2cc1OC. The van der Waals surface area contributed by atoms with Gasteiger partial charge in [0.05, 0.1) is 19.9 Å². The van der Waals surface area contributed by atoms with Crippen LogP contribution in [0.1, 0.15) is 11.3 Å². The molecule has 0 aliphatic carbocycles. The molecule has 3 rings (SSSR count). The van der Waals surface area contributed by atoms with Gasteiger partial charge in [0.1, 0.15) is 0 Å². The summed E-state index contributed by atoms with van der Waals surface area (Å²) < 4.78 is 10.7. The van der Waals surface area contributed by atoms with Crippen molar-refractivity contribution >= 4 is 22.9 Å². The quantitative estimate of drug-likeness (QED) is 0.713. The number of hydrogen-bond donors (Lipinski definition) is 0. The number of aromatic nitrogens is 1. The highest BCUT2D eigenvalue weighted by Gasteiger charge is 2.08. The van der Waals surface area contributed by atoms with Crippen LogP contribution in [-0.4, -0.2) is 19.2 Å². The number of hydrogen-bond acceptors (Lipinski definition) is 3. The molecule has 0 spiro atoms. The van der Waals surface area contributed by atoms with Crippen molar-refractivity contribution in [3.05, 3.63) is 66.0 Å².